The minimum Gasteiger partial charge on any atom is -0.495 e. The maximum Gasteiger partial charge on any atom is 0.294 e. The van der Waals surface area contributed by atoms with Crippen LogP contribution in [0.5, 0.6) is 5.75 Å². The second kappa shape index (κ2) is 6.24. The summed E-state index contributed by atoms with van der Waals surface area (Å²) in [7, 11) is -2.86. The van der Waals surface area contributed by atoms with E-state index in [0.717, 1.165) is 0 Å². The molecule has 6 nitrogen and oxygen atoms in total. The molecule has 1 unspecified atom stereocenters. The molecule has 102 valence electrons. The van der Waals surface area contributed by atoms with Gasteiger partial charge in [-0.1, -0.05) is 0 Å². The van der Waals surface area contributed by atoms with Gasteiger partial charge in [-0.05, 0) is 18.2 Å². The van der Waals surface area contributed by atoms with E-state index in [1.165, 1.54) is 25.3 Å². The third kappa shape index (κ3) is 4.02. The van der Waals surface area contributed by atoms with E-state index in [-0.39, 0.29) is 17.3 Å². The molecule has 1 rings (SSSR count). The van der Waals surface area contributed by atoms with Gasteiger partial charge in [-0.3, -0.25) is 4.55 Å². The molecule has 18 heavy (non-hydrogen) atoms. The zero-order chi connectivity index (χ0) is 13.8. The third-order valence-electron chi connectivity index (χ3n) is 2.18. The molecule has 0 saturated heterocycles. The highest BCUT2D eigenvalue weighted by atomic mass is 35.5. The Morgan fingerprint density at radius 3 is 2.67 bits per heavy atom. The Bertz CT molecular complexity index is 505. The van der Waals surface area contributed by atoms with Gasteiger partial charge in [-0.2, -0.15) is 8.42 Å². The molecule has 0 bridgehead atoms. The predicted molar refractivity (Wildman–Crippen MR) is 68.0 cm³/mol. The summed E-state index contributed by atoms with van der Waals surface area (Å²) in [6, 6.07) is 3.84. The Kier molecular flexibility index (Phi) is 5.21. The summed E-state index contributed by atoms with van der Waals surface area (Å²) in [4.78, 5) is -0.258. The number of rotatable bonds is 6. The number of ether oxygens (including phenoxy) is 1. The van der Waals surface area contributed by atoms with Crippen LogP contribution in [0.15, 0.2) is 23.1 Å². The van der Waals surface area contributed by atoms with Crippen molar-refractivity contribution < 1.29 is 22.8 Å². The van der Waals surface area contributed by atoms with Crippen LogP contribution in [-0.4, -0.2) is 43.7 Å². The molecule has 0 amide bonds. The molecule has 0 aromatic heterocycles. The first kappa shape index (κ1) is 15.0. The van der Waals surface area contributed by atoms with Crippen LogP contribution < -0.4 is 10.1 Å². The standard InChI is InChI=1S/C10H14ClNO5S/c1-17-10-3-2-8(18(14,15)16)4-9(10)12-6-7(13)5-11/h2-4,7,12-13H,5-6H2,1H3,(H,14,15,16). The van der Waals surface area contributed by atoms with Gasteiger partial charge < -0.3 is 15.2 Å². The molecule has 8 heteroatoms. The van der Waals surface area contributed by atoms with Crippen molar-refractivity contribution in [1.29, 1.82) is 0 Å². The number of anilines is 1. The topological polar surface area (TPSA) is 95.9 Å². The number of halogens is 1. The first-order valence-electron chi connectivity index (χ1n) is 5.02. The quantitative estimate of drug-likeness (QED) is 0.534. The molecule has 0 aliphatic carbocycles. The number of aliphatic hydroxyl groups excluding tert-OH is 1. The van der Waals surface area contributed by atoms with Gasteiger partial charge in [0.05, 0.1) is 29.7 Å². The summed E-state index contributed by atoms with van der Waals surface area (Å²) in [6.07, 6.45) is -0.772. The largest absolute Gasteiger partial charge is 0.495 e. The second-order valence-electron chi connectivity index (χ2n) is 3.53. The molecule has 0 spiro atoms. The van der Waals surface area contributed by atoms with Gasteiger partial charge in [0.2, 0.25) is 0 Å². The van der Waals surface area contributed by atoms with E-state index in [2.05, 4.69) is 5.32 Å². The summed E-state index contributed by atoms with van der Waals surface area (Å²) >= 11 is 5.44. The Morgan fingerprint density at radius 1 is 1.50 bits per heavy atom. The highest BCUT2D eigenvalue weighted by molar-refractivity contribution is 7.85. The second-order valence-corrected chi connectivity index (χ2v) is 5.26. The summed E-state index contributed by atoms with van der Waals surface area (Å²) in [5.41, 5.74) is 0.344. The molecule has 1 aromatic carbocycles. The first-order valence-corrected chi connectivity index (χ1v) is 6.99. The lowest BCUT2D eigenvalue weighted by molar-refractivity contribution is 0.211. The minimum absolute atomic E-state index is 0.0489. The van der Waals surface area contributed by atoms with Crippen LogP contribution in [0.4, 0.5) is 5.69 Å². The molecule has 3 N–H and O–H groups in total. The zero-order valence-electron chi connectivity index (χ0n) is 9.63. The highest BCUT2D eigenvalue weighted by Crippen LogP contribution is 2.27. The smallest absolute Gasteiger partial charge is 0.294 e. The first-order chi connectivity index (χ1) is 8.38. The predicted octanol–water partition coefficient (Wildman–Crippen LogP) is 0.953. The minimum atomic E-state index is -4.28. The zero-order valence-corrected chi connectivity index (χ0v) is 11.2. The van der Waals surface area contributed by atoms with Crippen molar-refractivity contribution >= 4 is 27.4 Å². The summed E-state index contributed by atoms with van der Waals surface area (Å²) in [5, 5.41) is 12.1. The lowest BCUT2D eigenvalue weighted by Crippen LogP contribution is -2.21. The van der Waals surface area contributed by atoms with Crippen molar-refractivity contribution in [3.05, 3.63) is 18.2 Å². The van der Waals surface area contributed by atoms with Gasteiger partial charge >= 0.3 is 0 Å². The molecule has 0 saturated carbocycles. The normalized spacial score (nSPS) is 13.1. The Morgan fingerprint density at radius 2 is 2.17 bits per heavy atom. The lowest BCUT2D eigenvalue weighted by atomic mass is 10.2. The van der Waals surface area contributed by atoms with Crippen molar-refractivity contribution in [3.8, 4) is 5.75 Å². The van der Waals surface area contributed by atoms with Crippen molar-refractivity contribution in [2.24, 2.45) is 0 Å². The molecule has 0 fully saturated rings. The number of aliphatic hydroxyl groups is 1. The molecule has 1 atom stereocenters. The van der Waals surface area contributed by atoms with Crippen LogP contribution in [0.2, 0.25) is 0 Å². The number of methoxy groups -OCH3 is 1. The fraction of sp³-hybridized carbons (Fsp3) is 0.400. The molecule has 0 radical (unpaired) electrons. The Labute approximate surface area is 110 Å². The van der Waals surface area contributed by atoms with E-state index in [9.17, 15) is 13.5 Å². The van der Waals surface area contributed by atoms with Gasteiger partial charge in [0.1, 0.15) is 5.75 Å². The molecule has 0 aliphatic rings. The summed E-state index contributed by atoms with van der Waals surface area (Å²) in [6.45, 7) is 0.134. The van der Waals surface area contributed by atoms with Crippen LogP contribution in [0.1, 0.15) is 0 Å². The Hall–Kier alpha value is -1.02. The van der Waals surface area contributed by atoms with Gasteiger partial charge in [-0.25, -0.2) is 0 Å². The molecule has 1 aromatic rings. The fourth-order valence-corrected chi connectivity index (χ4v) is 1.88. The monoisotopic (exact) mass is 295 g/mol. The highest BCUT2D eigenvalue weighted by Gasteiger charge is 2.13. The van der Waals surface area contributed by atoms with Crippen LogP contribution in [0.3, 0.4) is 0 Å². The lowest BCUT2D eigenvalue weighted by Gasteiger charge is -2.14. The number of hydrogen-bond acceptors (Lipinski definition) is 5. The van der Waals surface area contributed by atoms with E-state index in [1.807, 2.05) is 0 Å². The van der Waals surface area contributed by atoms with Crippen LogP contribution in [0.25, 0.3) is 0 Å². The maximum absolute atomic E-state index is 11.0. The average molecular weight is 296 g/mol. The van der Waals surface area contributed by atoms with Gasteiger partial charge in [0.15, 0.2) is 0 Å². The van der Waals surface area contributed by atoms with E-state index in [4.69, 9.17) is 20.9 Å². The molecular weight excluding hydrogens is 282 g/mol. The van der Waals surface area contributed by atoms with Gasteiger partial charge in [-0.15, -0.1) is 11.6 Å². The molecule has 0 heterocycles. The van der Waals surface area contributed by atoms with Gasteiger partial charge in [0.25, 0.3) is 10.1 Å². The Balaban J connectivity index is 3.00. The number of hydrogen-bond donors (Lipinski definition) is 3. The summed E-state index contributed by atoms with van der Waals surface area (Å²) in [5.74, 6) is 0.442. The maximum atomic E-state index is 11.0. The fourth-order valence-electron chi connectivity index (χ4n) is 1.27. The van der Waals surface area contributed by atoms with E-state index >= 15 is 0 Å². The molecular formula is C10H14ClNO5S. The number of alkyl halides is 1. The van der Waals surface area contributed by atoms with E-state index in [1.54, 1.807) is 0 Å². The van der Waals surface area contributed by atoms with Crippen molar-refractivity contribution in [3.63, 3.8) is 0 Å². The SMILES string of the molecule is COc1ccc(S(=O)(=O)O)cc1NCC(O)CCl. The summed E-state index contributed by atoms with van der Waals surface area (Å²) < 4.78 is 36.0. The van der Waals surface area contributed by atoms with Crippen molar-refractivity contribution in [2.75, 3.05) is 24.9 Å². The van der Waals surface area contributed by atoms with Crippen LogP contribution >= 0.6 is 11.6 Å². The third-order valence-corrected chi connectivity index (χ3v) is 3.38. The van der Waals surface area contributed by atoms with Crippen LogP contribution in [0, 0.1) is 0 Å². The van der Waals surface area contributed by atoms with Crippen molar-refractivity contribution in [2.45, 2.75) is 11.0 Å². The average Bonchev–Trinajstić information content (AvgIpc) is 2.34. The number of benzene rings is 1. The van der Waals surface area contributed by atoms with Crippen LogP contribution in [-0.2, 0) is 10.1 Å². The van der Waals surface area contributed by atoms with E-state index < -0.39 is 16.2 Å². The molecule has 0 aliphatic heterocycles. The van der Waals surface area contributed by atoms with E-state index in [0.29, 0.717) is 11.4 Å². The van der Waals surface area contributed by atoms with Gasteiger partial charge in [0, 0.05) is 6.54 Å². The van der Waals surface area contributed by atoms with Crippen molar-refractivity contribution in [1.82, 2.24) is 0 Å². The number of nitrogens with one attached hydrogen (secondary N) is 1.